The van der Waals surface area contributed by atoms with Gasteiger partial charge in [0.25, 0.3) is 0 Å². The van der Waals surface area contributed by atoms with Gasteiger partial charge in [0.15, 0.2) is 0 Å². The van der Waals surface area contributed by atoms with Crippen LogP contribution in [0.1, 0.15) is 32.6 Å². The molecule has 1 aliphatic heterocycles. The standard InChI is InChI=1S/C17H26N2O3/c1-14(20)18-15-6-8-17(9-7-15)22-13-16(21)12-19-10-4-2-3-5-11-19/h6-9,16,21H,2-5,10-13H2,1H3,(H,18,20)/t16-/m1/s1. The van der Waals surface area contributed by atoms with Crippen molar-refractivity contribution < 1.29 is 14.6 Å². The topological polar surface area (TPSA) is 61.8 Å². The van der Waals surface area contributed by atoms with Crippen molar-refractivity contribution in [2.45, 2.75) is 38.7 Å². The molecule has 1 aromatic rings. The molecule has 22 heavy (non-hydrogen) atoms. The van der Waals surface area contributed by atoms with Crippen molar-refractivity contribution in [3.8, 4) is 5.75 Å². The SMILES string of the molecule is CC(=O)Nc1ccc(OC[C@H](O)CN2CCCCCC2)cc1. The first-order chi connectivity index (χ1) is 10.6. The van der Waals surface area contributed by atoms with Gasteiger partial charge < -0.3 is 20.1 Å². The van der Waals surface area contributed by atoms with Crippen LogP contribution in [-0.2, 0) is 4.79 Å². The zero-order valence-electron chi connectivity index (χ0n) is 13.3. The summed E-state index contributed by atoms with van der Waals surface area (Å²) in [6.07, 6.45) is 4.55. The van der Waals surface area contributed by atoms with E-state index < -0.39 is 6.10 Å². The number of nitrogens with one attached hydrogen (secondary N) is 1. The molecule has 2 rings (SSSR count). The molecule has 1 amide bonds. The van der Waals surface area contributed by atoms with Gasteiger partial charge in [-0.3, -0.25) is 4.79 Å². The van der Waals surface area contributed by atoms with E-state index in [-0.39, 0.29) is 12.5 Å². The van der Waals surface area contributed by atoms with Gasteiger partial charge in [0.2, 0.25) is 5.91 Å². The third-order valence-corrected chi connectivity index (χ3v) is 3.78. The maximum atomic E-state index is 10.9. The van der Waals surface area contributed by atoms with Crippen LogP contribution in [0.2, 0.25) is 0 Å². The number of anilines is 1. The van der Waals surface area contributed by atoms with Crippen LogP contribution < -0.4 is 10.1 Å². The van der Waals surface area contributed by atoms with E-state index >= 15 is 0 Å². The van der Waals surface area contributed by atoms with E-state index in [0.29, 0.717) is 12.3 Å². The molecule has 0 aromatic heterocycles. The number of likely N-dealkylation sites (tertiary alicyclic amines) is 1. The molecule has 2 N–H and O–H groups in total. The summed E-state index contributed by atoms with van der Waals surface area (Å²) in [4.78, 5) is 13.3. The second-order valence-electron chi connectivity index (χ2n) is 5.89. The lowest BCUT2D eigenvalue weighted by Gasteiger charge is -2.23. The van der Waals surface area contributed by atoms with Crippen LogP contribution in [0, 0.1) is 0 Å². The average Bonchev–Trinajstić information content (AvgIpc) is 2.74. The van der Waals surface area contributed by atoms with E-state index in [9.17, 15) is 9.90 Å². The Morgan fingerprint density at radius 2 is 1.86 bits per heavy atom. The molecular formula is C17H26N2O3. The Morgan fingerprint density at radius 3 is 2.45 bits per heavy atom. The highest BCUT2D eigenvalue weighted by atomic mass is 16.5. The van der Waals surface area contributed by atoms with E-state index in [0.717, 1.165) is 18.8 Å². The molecule has 5 nitrogen and oxygen atoms in total. The number of carbonyl (C=O) groups excluding carboxylic acids is 1. The Balaban J connectivity index is 1.73. The van der Waals surface area contributed by atoms with Crippen molar-refractivity contribution >= 4 is 11.6 Å². The van der Waals surface area contributed by atoms with Gasteiger partial charge in [0, 0.05) is 19.2 Å². The Kier molecular flexibility index (Phi) is 6.68. The van der Waals surface area contributed by atoms with Crippen molar-refractivity contribution in [1.82, 2.24) is 4.90 Å². The number of nitrogens with zero attached hydrogens (tertiary/aromatic N) is 1. The smallest absolute Gasteiger partial charge is 0.221 e. The zero-order valence-corrected chi connectivity index (χ0v) is 13.3. The van der Waals surface area contributed by atoms with Crippen LogP contribution >= 0.6 is 0 Å². The van der Waals surface area contributed by atoms with Crippen molar-refractivity contribution in [2.75, 3.05) is 31.6 Å². The first kappa shape index (κ1) is 16.8. The molecule has 1 aliphatic rings. The maximum Gasteiger partial charge on any atom is 0.221 e. The molecule has 0 radical (unpaired) electrons. The lowest BCUT2D eigenvalue weighted by atomic mass is 10.2. The fraction of sp³-hybridized carbons (Fsp3) is 0.588. The summed E-state index contributed by atoms with van der Waals surface area (Å²) >= 11 is 0. The molecule has 1 aromatic carbocycles. The highest BCUT2D eigenvalue weighted by Crippen LogP contribution is 2.16. The number of amides is 1. The van der Waals surface area contributed by atoms with E-state index in [1.807, 2.05) is 0 Å². The Labute approximate surface area is 132 Å². The molecule has 1 atom stereocenters. The van der Waals surface area contributed by atoms with E-state index in [2.05, 4.69) is 10.2 Å². The number of rotatable bonds is 6. The number of aliphatic hydroxyl groups excluding tert-OH is 1. The minimum Gasteiger partial charge on any atom is -0.491 e. The number of ether oxygens (including phenoxy) is 1. The number of carbonyl (C=O) groups is 1. The predicted molar refractivity (Wildman–Crippen MR) is 87.2 cm³/mol. The number of hydrogen-bond acceptors (Lipinski definition) is 4. The quantitative estimate of drug-likeness (QED) is 0.846. The van der Waals surface area contributed by atoms with Gasteiger partial charge in [0.05, 0.1) is 0 Å². The fourth-order valence-electron chi connectivity index (χ4n) is 2.70. The summed E-state index contributed by atoms with van der Waals surface area (Å²) in [6.45, 7) is 4.58. The highest BCUT2D eigenvalue weighted by Gasteiger charge is 2.14. The van der Waals surface area contributed by atoms with Crippen LogP contribution in [0.3, 0.4) is 0 Å². The van der Waals surface area contributed by atoms with Crippen LogP contribution in [0.4, 0.5) is 5.69 Å². The molecule has 0 aliphatic carbocycles. The Bertz CT molecular complexity index is 453. The summed E-state index contributed by atoms with van der Waals surface area (Å²) in [5.74, 6) is 0.602. The Hall–Kier alpha value is -1.59. The number of β-amino-alcohol motifs (C(OH)–C–C–N with tert-alkyl or cyclic N) is 1. The second-order valence-corrected chi connectivity index (χ2v) is 5.89. The number of aliphatic hydroxyl groups is 1. The summed E-state index contributed by atoms with van der Waals surface area (Å²) in [7, 11) is 0. The number of benzene rings is 1. The molecule has 1 saturated heterocycles. The third-order valence-electron chi connectivity index (χ3n) is 3.78. The van der Waals surface area contributed by atoms with Gasteiger partial charge in [-0.2, -0.15) is 0 Å². The first-order valence-corrected chi connectivity index (χ1v) is 8.04. The maximum absolute atomic E-state index is 10.9. The molecule has 1 heterocycles. The van der Waals surface area contributed by atoms with Gasteiger partial charge in [-0.25, -0.2) is 0 Å². The van der Waals surface area contributed by atoms with E-state index in [1.54, 1.807) is 24.3 Å². The van der Waals surface area contributed by atoms with Gasteiger partial charge in [-0.15, -0.1) is 0 Å². The van der Waals surface area contributed by atoms with Gasteiger partial charge in [-0.1, -0.05) is 12.8 Å². The van der Waals surface area contributed by atoms with Gasteiger partial charge in [-0.05, 0) is 50.2 Å². The first-order valence-electron chi connectivity index (χ1n) is 8.04. The monoisotopic (exact) mass is 306 g/mol. The molecule has 0 bridgehead atoms. The van der Waals surface area contributed by atoms with Crippen molar-refractivity contribution in [3.63, 3.8) is 0 Å². The molecule has 0 saturated carbocycles. The van der Waals surface area contributed by atoms with Crippen molar-refractivity contribution in [3.05, 3.63) is 24.3 Å². The van der Waals surface area contributed by atoms with Crippen LogP contribution in [0.15, 0.2) is 24.3 Å². The van der Waals surface area contributed by atoms with Crippen molar-refractivity contribution in [2.24, 2.45) is 0 Å². The predicted octanol–water partition coefficient (Wildman–Crippen LogP) is 2.26. The lowest BCUT2D eigenvalue weighted by molar-refractivity contribution is -0.114. The molecule has 122 valence electrons. The van der Waals surface area contributed by atoms with Crippen molar-refractivity contribution in [1.29, 1.82) is 0 Å². The normalized spacial score (nSPS) is 17.5. The van der Waals surface area contributed by atoms with Gasteiger partial charge in [0.1, 0.15) is 18.5 Å². The summed E-state index contributed by atoms with van der Waals surface area (Å²) in [6, 6.07) is 7.17. The van der Waals surface area contributed by atoms with Crippen LogP contribution in [0.5, 0.6) is 5.75 Å². The second kappa shape index (κ2) is 8.76. The van der Waals surface area contributed by atoms with Crippen LogP contribution in [0.25, 0.3) is 0 Å². The summed E-state index contributed by atoms with van der Waals surface area (Å²) in [5, 5.41) is 12.8. The average molecular weight is 306 g/mol. The van der Waals surface area contributed by atoms with Gasteiger partial charge >= 0.3 is 0 Å². The molecule has 5 heteroatoms. The zero-order chi connectivity index (χ0) is 15.8. The summed E-state index contributed by atoms with van der Waals surface area (Å²) < 4.78 is 5.61. The molecular weight excluding hydrogens is 280 g/mol. The van der Waals surface area contributed by atoms with E-state index in [4.69, 9.17) is 4.74 Å². The third kappa shape index (κ3) is 6.03. The largest absolute Gasteiger partial charge is 0.491 e. The minimum atomic E-state index is -0.479. The molecule has 0 unspecified atom stereocenters. The lowest BCUT2D eigenvalue weighted by Crippen LogP contribution is -2.36. The summed E-state index contributed by atoms with van der Waals surface area (Å²) in [5.41, 5.74) is 0.741. The fourth-order valence-corrected chi connectivity index (χ4v) is 2.70. The Morgan fingerprint density at radius 1 is 1.23 bits per heavy atom. The minimum absolute atomic E-state index is 0.0958. The highest BCUT2D eigenvalue weighted by molar-refractivity contribution is 5.88. The molecule has 1 fully saturated rings. The van der Waals surface area contributed by atoms with E-state index in [1.165, 1.54) is 32.6 Å². The number of hydrogen-bond donors (Lipinski definition) is 2. The molecule has 0 spiro atoms. The van der Waals surface area contributed by atoms with Crippen LogP contribution in [-0.4, -0.2) is 48.3 Å².